The Labute approximate surface area is 316 Å². The Hall–Kier alpha value is -6.96. The van der Waals surface area contributed by atoms with Crippen LogP contribution in [-0.2, 0) is 5.41 Å². The van der Waals surface area contributed by atoms with Gasteiger partial charge in [0.1, 0.15) is 0 Å². The Bertz CT molecular complexity index is 2840. The van der Waals surface area contributed by atoms with Crippen LogP contribution in [0, 0.1) is 0 Å². The first-order valence-electron chi connectivity index (χ1n) is 18.8. The minimum absolute atomic E-state index is 0.417. The first kappa shape index (κ1) is 30.6. The predicted octanol–water partition coefficient (Wildman–Crippen LogP) is 14.0. The molecule has 54 heavy (non-hydrogen) atoms. The average molecular weight is 686 g/mol. The van der Waals surface area contributed by atoms with Crippen LogP contribution in [0.15, 0.2) is 212 Å². The normalized spacial score (nSPS) is 13.0. The van der Waals surface area contributed by atoms with Crippen LogP contribution in [0.3, 0.4) is 0 Å². The van der Waals surface area contributed by atoms with Gasteiger partial charge >= 0.3 is 0 Å². The molecule has 1 heteroatoms. The largest absolute Gasteiger partial charge is 0.309 e. The molecule has 252 valence electrons. The summed E-state index contributed by atoms with van der Waals surface area (Å²) in [6.07, 6.45) is 0. The van der Waals surface area contributed by atoms with Gasteiger partial charge < -0.3 is 4.90 Å². The van der Waals surface area contributed by atoms with Crippen LogP contribution in [0.4, 0.5) is 17.1 Å². The van der Waals surface area contributed by atoms with Crippen molar-refractivity contribution in [2.45, 2.75) is 5.41 Å². The minimum atomic E-state index is -0.417. The second-order valence-corrected chi connectivity index (χ2v) is 14.4. The third-order valence-electron chi connectivity index (χ3n) is 11.7. The molecule has 9 aromatic rings. The fraction of sp³-hybridized carbons (Fsp3) is 0.0189. The summed E-state index contributed by atoms with van der Waals surface area (Å²) in [7, 11) is 0. The van der Waals surface area contributed by atoms with E-state index in [1.54, 1.807) is 0 Å². The second-order valence-electron chi connectivity index (χ2n) is 14.4. The zero-order chi connectivity index (χ0) is 35.6. The van der Waals surface area contributed by atoms with E-state index in [4.69, 9.17) is 0 Å². The zero-order valence-electron chi connectivity index (χ0n) is 29.7. The summed E-state index contributed by atoms with van der Waals surface area (Å²) in [6.45, 7) is 0. The quantitative estimate of drug-likeness (QED) is 0.174. The number of nitrogens with zero attached hydrogens (tertiary/aromatic N) is 1. The Morgan fingerprint density at radius 3 is 1.52 bits per heavy atom. The van der Waals surface area contributed by atoms with E-state index in [0.29, 0.717) is 0 Å². The topological polar surface area (TPSA) is 3.24 Å². The molecule has 0 heterocycles. The van der Waals surface area contributed by atoms with Gasteiger partial charge in [-0.2, -0.15) is 0 Å². The minimum Gasteiger partial charge on any atom is -0.309 e. The van der Waals surface area contributed by atoms with Crippen LogP contribution in [-0.4, -0.2) is 0 Å². The van der Waals surface area contributed by atoms with Gasteiger partial charge in [0.25, 0.3) is 0 Å². The highest BCUT2D eigenvalue weighted by Crippen LogP contribution is 2.64. The van der Waals surface area contributed by atoms with Crippen LogP contribution in [0.1, 0.15) is 22.3 Å². The molecule has 1 nitrogen and oxygen atoms in total. The van der Waals surface area contributed by atoms with Crippen molar-refractivity contribution in [2.75, 3.05) is 4.90 Å². The summed E-state index contributed by atoms with van der Waals surface area (Å²) in [5.74, 6) is 0. The lowest BCUT2D eigenvalue weighted by Gasteiger charge is -2.32. The Balaban J connectivity index is 1.21. The summed E-state index contributed by atoms with van der Waals surface area (Å²) in [5, 5.41) is 2.43. The number of benzene rings is 9. The van der Waals surface area contributed by atoms with Gasteiger partial charge in [0.2, 0.25) is 0 Å². The molecule has 0 bridgehead atoms. The fourth-order valence-corrected chi connectivity index (χ4v) is 9.54. The molecule has 9 aromatic carbocycles. The lowest BCUT2D eigenvalue weighted by Crippen LogP contribution is -2.26. The van der Waals surface area contributed by atoms with Crippen LogP contribution in [0.25, 0.3) is 55.3 Å². The molecule has 0 saturated carbocycles. The molecule has 0 aromatic heterocycles. The van der Waals surface area contributed by atoms with Crippen LogP contribution in [0.5, 0.6) is 0 Å². The number of para-hydroxylation sites is 1. The van der Waals surface area contributed by atoms with Crippen molar-refractivity contribution in [1.82, 2.24) is 0 Å². The van der Waals surface area contributed by atoms with Crippen molar-refractivity contribution in [3.05, 3.63) is 235 Å². The number of hydrogen-bond acceptors (Lipinski definition) is 1. The molecule has 0 atom stereocenters. The average Bonchev–Trinajstić information content (AvgIpc) is 3.72. The summed E-state index contributed by atoms with van der Waals surface area (Å²) in [4.78, 5) is 2.51. The predicted molar refractivity (Wildman–Crippen MR) is 226 cm³/mol. The number of fused-ring (bicyclic) bond motifs is 11. The molecule has 0 unspecified atom stereocenters. The SMILES string of the molecule is c1ccc(-c2cccc(-c3cccc4cccc(N(c5ccccc5)c5cccc6c5-c5ccccc5C65c6ccccc6-c6ccccc65)c34)c2)cc1. The highest BCUT2D eigenvalue weighted by Gasteiger charge is 2.52. The molecule has 0 fully saturated rings. The lowest BCUT2D eigenvalue weighted by molar-refractivity contribution is 0.794. The molecule has 2 aliphatic carbocycles. The van der Waals surface area contributed by atoms with Crippen molar-refractivity contribution in [1.29, 1.82) is 0 Å². The van der Waals surface area contributed by atoms with Crippen molar-refractivity contribution >= 4 is 27.8 Å². The highest BCUT2D eigenvalue weighted by atomic mass is 15.1. The maximum Gasteiger partial charge on any atom is 0.0726 e. The standard InChI is InChI=1S/C53H35N/c1-3-17-36(18-4-1)38-21-13-22-39(35-38)41-28-14-19-37-20-15-33-49(51(37)41)54(40-23-5-2-6-24-40)50-34-16-32-48-52(50)44-27-9-12-31-47(44)53(48)45-29-10-7-25-42(45)43-26-8-11-30-46(43)53/h1-35H. The van der Waals surface area contributed by atoms with Gasteiger partial charge in [-0.25, -0.2) is 0 Å². The van der Waals surface area contributed by atoms with Crippen LogP contribution < -0.4 is 4.90 Å². The zero-order valence-corrected chi connectivity index (χ0v) is 29.7. The Morgan fingerprint density at radius 2 is 0.796 bits per heavy atom. The van der Waals surface area contributed by atoms with E-state index < -0.39 is 5.41 Å². The second kappa shape index (κ2) is 12.0. The van der Waals surface area contributed by atoms with Crippen LogP contribution >= 0.6 is 0 Å². The first-order valence-corrected chi connectivity index (χ1v) is 18.8. The van der Waals surface area contributed by atoms with Crippen molar-refractivity contribution < 1.29 is 0 Å². The molecule has 0 radical (unpaired) electrons. The van der Waals surface area contributed by atoms with E-state index in [-0.39, 0.29) is 0 Å². The molecular formula is C53H35N. The van der Waals surface area contributed by atoms with Crippen LogP contribution in [0.2, 0.25) is 0 Å². The molecule has 0 saturated heterocycles. The van der Waals surface area contributed by atoms with Gasteiger partial charge in [-0.15, -0.1) is 0 Å². The third-order valence-corrected chi connectivity index (χ3v) is 11.7. The van der Waals surface area contributed by atoms with Crippen molar-refractivity contribution in [3.8, 4) is 44.5 Å². The molecule has 0 amide bonds. The van der Waals surface area contributed by atoms with Gasteiger partial charge in [-0.1, -0.05) is 182 Å². The Kier molecular flexibility index (Phi) is 6.84. The van der Waals surface area contributed by atoms with Gasteiger partial charge in [-0.3, -0.25) is 0 Å². The third kappa shape index (κ3) is 4.33. The smallest absolute Gasteiger partial charge is 0.0726 e. The summed E-state index contributed by atoms with van der Waals surface area (Å²) < 4.78 is 0. The number of rotatable bonds is 5. The Morgan fingerprint density at radius 1 is 0.315 bits per heavy atom. The molecule has 2 aliphatic rings. The summed E-state index contributed by atoms with van der Waals surface area (Å²) in [5.41, 5.74) is 18.4. The number of hydrogen-bond donors (Lipinski definition) is 0. The van der Waals surface area contributed by atoms with Crippen molar-refractivity contribution in [3.63, 3.8) is 0 Å². The lowest BCUT2D eigenvalue weighted by atomic mass is 9.70. The number of anilines is 3. The molecule has 1 spiro atoms. The molecule has 11 rings (SSSR count). The summed E-state index contributed by atoms with van der Waals surface area (Å²) >= 11 is 0. The molecule has 0 aliphatic heterocycles. The van der Waals surface area contributed by atoms with Gasteiger partial charge in [0.15, 0.2) is 0 Å². The monoisotopic (exact) mass is 685 g/mol. The fourth-order valence-electron chi connectivity index (χ4n) is 9.54. The van der Waals surface area contributed by atoms with E-state index in [2.05, 4.69) is 217 Å². The van der Waals surface area contributed by atoms with Gasteiger partial charge in [0.05, 0.1) is 16.8 Å². The highest BCUT2D eigenvalue weighted by molar-refractivity contribution is 6.10. The van der Waals surface area contributed by atoms with Gasteiger partial charge in [-0.05, 0) is 96.9 Å². The van der Waals surface area contributed by atoms with E-state index in [1.807, 2.05) is 0 Å². The van der Waals surface area contributed by atoms with Gasteiger partial charge in [0, 0.05) is 16.6 Å². The maximum absolute atomic E-state index is 2.51. The summed E-state index contributed by atoms with van der Waals surface area (Å²) in [6, 6.07) is 78.2. The molecular weight excluding hydrogens is 651 g/mol. The van der Waals surface area contributed by atoms with E-state index >= 15 is 0 Å². The van der Waals surface area contributed by atoms with E-state index in [9.17, 15) is 0 Å². The maximum atomic E-state index is 2.51. The van der Waals surface area contributed by atoms with E-state index in [0.717, 1.165) is 11.4 Å². The van der Waals surface area contributed by atoms with E-state index in [1.165, 1.54) is 83.2 Å². The molecule has 0 N–H and O–H groups in total. The first-order chi connectivity index (χ1) is 26.8. The van der Waals surface area contributed by atoms with Crippen molar-refractivity contribution in [2.24, 2.45) is 0 Å².